The molecule has 1 saturated heterocycles. The summed E-state index contributed by atoms with van der Waals surface area (Å²) in [6.07, 6.45) is 1.59. The summed E-state index contributed by atoms with van der Waals surface area (Å²) in [5, 5.41) is 12.1. The molecule has 1 fully saturated rings. The minimum Gasteiger partial charge on any atom is -0.481 e. The van der Waals surface area contributed by atoms with Crippen LogP contribution in [0.15, 0.2) is 24.3 Å². The molecule has 1 heterocycles. The fourth-order valence-corrected chi connectivity index (χ4v) is 3.79. The van der Waals surface area contributed by atoms with Gasteiger partial charge in [0, 0.05) is 31.2 Å². The van der Waals surface area contributed by atoms with Crippen LogP contribution >= 0.6 is 0 Å². The van der Waals surface area contributed by atoms with E-state index in [0.29, 0.717) is 31.5 Å². The number of rotatable bonds is 6. The van der Waals surface area contributed by atoms with Gasteiger partial charge in [0.2, 0.25) is 0 Å². The number of nitrogens with zero attached hydrogens (tertiary/aromatic N) is 2. The van der Waals surface area contributed by atoms with Crippen LogP contribution in [0.25, 0.3) is 0 Å². The Morgan fingerprint density at radius 1 is 1.31 bits per heavy atom. The Labute approximate surface area is 156 Å². The standard InChI is InChI=1S/C20H31N3O3/c1-14(2)16-7-5-6-8-17(16)21-20(26)23-12-11-18(22(3)4)15(13-23)9-10-19(24)25/h5-8,14-15,18H,9-13H2,1-4H3,(H,21,26)(H,24,25)/t15-,18+/m1/s1. The van der Waals surface area contributed by atoms with E-state index >= 15 is 0 Å². The second-order valence-corrected chi connectivity index (χ2v) is 7.63. The number of urea groups is 1. The first-order chi connectivity index (χ1) is 12.3. The van der Waals surface area contributed by atoms with Crippen LogP contribution in [0.5, 0.6) is 0 Å². The Bertz CT molecular complexity index is 630. The second kappa shape index (κ2) is 9.03. The molecule has 0 aliphatic carbocycles. The highest BCUT2D eigenvalue weighted by Gasteiger charge is 2.33. The molecule has 26 heavy (non-hydrogen) atoms. The fraction of sp³-hybridized carbons (Fsp3) is 0.600. The van der Waals surface area contributed by atoms with Crippen LogP contribution in [0.2, 0.25) is 0 Å². The molecule has 1 aromatic carbocycles. The van der Waals surface area contributed by atoms with Crippen molar-refractivity contribution >= 4 is 17.7 Å². The summed E-state index contributed by atoms with van der Waals surface area (Å²) in [5.74, 6) is -0.287. The molecule has 2 amide bonds. The molecule has 0 spiro atoms. The van der Waals surface area contributed by atoms with Gasteiger partial charge in [-0.15, -0.1) is 0 Å². The van der Waals surface area contributed by atoms with Crippen molar-refractivity contribution < 1.29 is 14.7 Å². The van der Waals surface area contributed by atoms with Crippen molar-refractivity contribution in [2.75, 3.05) is 32.5 Å². The number of hydrogen-bond donors (Lipinski definition) is 2. The van der Waals surface area contributed by atoms with Gasteiger partial charge < -0.3 is 20.2 Å². The van der Waals surface area contributed by atoms with E-state index in [1.165, 1.54) is 0 Å². The SMILES string of the molecule is CC(C)c1ccccc1NC(=O)N1CC[C@H](N(C)C)[C@H](CCC(=O)O)C1. The summed E-state index contributed by atoms with van der Waals surface area (Å²) in [4.78, 5) is 27.7. The number of anilines is 1. The zero-order valence-corrected chi connectivity index (χ0v) is 16.2. The van der Waals surface area contributed by atoms with E-state index in [1.807, 2.05) is 43.3 Å². The molecule has 1 aliphatic heterocycles. The number of carboxylic acid groups (broad SMARTS) is 1. The summed E-state index contributed by atoms with van der Waals surface area (Å²) in [6.45, 7) is 5.49. The van der Waals surface area contributed by atoms with Crippen LogP contribution in [0, 0.1) is 5.92 Å². The number of carbonyl (C=O) groups excluding carboxylic acids is 1. The van der Waals surface area contributed by atoms with E-state index in [0.717, 1.165) is 17.7 Å². The van der Waals surface area contributed by atoms with E-state index < -0.39 is 5.97 Å². The molecule has 2 rings (SSSR count). The number of likely N-dealkylation sites (tertiary alicyclic amines) is 1. The fourth-order valence-electron chi connectivity index (χ4n) is 3.79. The maximum absolute atomic E-state index is 12.8. The Morgan fingerprint density at radius 3 is 2.62 bits per heavy atom. The first-order valence-corrected chi connectivity index (χ1v) is 9.32. The molecule has 1 aromatic rings. The lowest BCUT2D eigenvalue weighted by Gasteiger charge is -2.41. The van der Waals surface area contributed by atoms with E-state index in [2.05, 4.69) is 24.1 Å². The number of benzene rings is 1. The molecule has 0 unspecified atom stereocenters. The van der Waals surface area contributed by atoms with Gasteiger partial charge in [0.1, 0.15) is 0 Å². The molecule has 6 heteroatoms. The molecular formula is C20H31N3O3. The van der Waals surface area contributed by atoms with Crippen molar-refractivity contribution in [3.63, 3.8) is 0 Å². The molecule has 0 bridgehead atoms. The van der Waals surface area contributed by atoms with Crippen LogP contribution in [-0.4, -0.2) is 60.1 Å². The highest BCUT2D eigenvalue weighted by molar-refractivity contribution is 5.90. The summed E-state index contributed by atoms with van der Waals surface area (Å²) < 4.78 is 0. The number of carboxylic acids is 1. The van der Waals surface area contributed by atoms with E-state index in [9.17, 15) is 9.59 Å². The third-order valence-corrected chi connectivity index (χ3v) is 5.20. The lowest BCUT2D eigenvalue weighted by Crippen LogP contribution is -2.51. The lowest BCUT2D eigenvalue weighted by atomic mass is 9.87. The summed E-state index contributed by atoms with van der Waals surface area (Å²) >= 11 is 0. The van der Waals surface area contributed by atoms with Gasteiger partial charge in [-0.2, -0.15) is 0 Å². The Balaban J connectivity index is 2.06. The van der Waals surface area contributed by atoms with Crippen molar-refractivity contribution in [2.45, 2.75) is 45.1 Å². The van der Waals surface area contributed by atoms with Crippen LogP contribution in [0.3, 0.4) is 0 Å². The van der Waals surface area contributed by atoms with Crippen LogP contribution < -0.4 is 5.32 Å². The third kappa shape index (κ3) is 5.21. The smallest absolute Gasteiger partial charge is 0.321 e. The molecule has 2 N–H and O–H groups in total. The van der Waals surface area contributed by atoms with Crippen LogP contribution in [0.1, 0.15) is 44.6 Å². The van der Waals surface area contributed by atoms with Crippen molar-refractivity contribution in [1.82, 2.24) is 9.80 Å². The van der Waals surface area contributed by atoms with Crippen molar-refractivity contribution in [1.29, 1.82) is 0 Å². The van der Waals surface area contributed by atoms with Gasteiger partial charge in [0.25, 0.3) is 0 Å². The quantitative estimate of drug-likeness (QED) is 0.814. The third-order valence-electron chi connectivity index (χ3n) is 5.20. The molecule has 0 aromatic heterocycles. The van der Waals surface area contributed by atoms with Crippen LogP contribution in [0.4, 0.5) is 10.5 Å². The minimum absolute atomic E-state index is 0.101. The van der Waals surface area contributed by atoms with E-state index in [1.54, 1.807) is 0 Å². The normalized spacial score (nSPS) is 20.5. The van der Waals surface area contributed by atoms with Gasteiger partial charge in [0.05, 0.1) is 0 Å². The topological polar surface area (TPSA) is 72.9 Å². The molecule has 1 aliphatic rings. The Kier molecular flexibility index (Phi) is 7.03. The zero-order valence-electron chi connectivity index (χ0n) is 16.2. The average molecular weight is 361 g/mol. The number of para-hydroxylation sites is 1. The Morgan fingerprint density at radius 2 is 2.00 bits per heavy atom. The summed E-state index contributed by atoms with van der Waals surface area (Å²) in [6, 6.07) is 8.08. The number of carbonyl (C=O) groups is 2. The predicted molar refractivity (Wildman–Crippen MR) is 104 cm³/mol. The van der Waals surface area contributed by atoms with Gasteiger partial charge in [-0.3, -0.25) is 4.79 Å². The molecule has 0 radical (unpaired) electrons. The predicted octanol–water partition coefficient (Wildman–Crippen LogP) is 3.46. The van der Waals surface area contributed by atoms with Crippen molar-refractivity contribution in [2.24, 2.45) is 5.92 Å². The minimum atomic E-state index is -0.782. The first-order valence-electron chi connectivity index (χ1n) is 9.32. The van der Waals surface area contributed by atoms with Gasteiger partial charge in [-0.1, -0.05) is 32.0 Å². The lowest BCUT2D eigenvalue weighted by molar-refractivity contribution is -0.137. The molecular weight excluding hydrogens is 330 g/mol. The van der Waals surface area contributed by atoms with Gasteiger partial charge in [-0.05, 0) is 50.4 Å². The van der Waals surface area contributed by atoms with Crippen molar-refractivity contribution in [3.05, 3.63) is 29.8 Å². The highest BCUT2D eigenvalue weighted by Crippen LogP contribution is 2.27. The molecule has 2 atom stereocenters. The summed E-state index contributed by atoms with van der Waals surface area (Å²) in [5.41, 5.74) is 1.97. The molecule has 144 valence electrons. The van der Waals surface area contributed by atoms with Gasteiger partial charge >= 0.3 is 12.0 Å². The van der Waals surface area contributed by atoms with Gasteiger partial charge in [-0.25, -0.2) is 4.79 Å². The zero-order chi connectivity index (χ0) is 19.3. The first kappa shape index (κ1) is 20.2. The largest absolute Gasteiger partial charge is 0.481 e. The summed E-state index contributed by atoms with van der Waals surface area (Å²) in [7, 11) is 4.04. The number of amides is 2. The number of nitrogens with one attached hydrogen (secondary N) is 1. The van der Waals surface area contributed by atoms with Crippen LogP contribution in [-0.2, 0) is 4.79 Å². The van der Waals surface area contributed by atoms with Crippen molar-refractivity contribution in [3.8, 4) is 0 Å². The van der Waals surface area contributed by atoms with E-state index in [-0.39, 0.29) is 18.4 Å². The maximum Gasteiger partial charge on any atom is 0.321 e. The van der Waals surface area contributed by atoms with E-state index in [4.69, 9.17) is 5.11 Å². The monoisotopic (exact) mass is 361 g/mol. The number of piperidine rings is 1. The highest BCUT2D eigenvalue weighted by atomic mass is 16.4. The Hall–Kier alpha value is -2.08. The number of hydrogen-bond acceptors (Lipinski definition) is 3. The molecule has 6 nitrogen and oxygen atoms in total. The molecule has 0 saturated carbocycles. The average Bonchev–Trinajstić information content (AvgIpc) is 2.59. The van der Waals surface area contributed by atoms with Gasteiger partial charge in [0.15, 0.2) is 0 Å². The maximum atomic E-state index is 12.8. The second-order valence-electron chi connectivity index (χ2n) is 7.63. The number of aliphatic carboxylic acids is 1.